The summed E-state index contributed by atoms with van der Waals surface area (Å²) < 4.78 is 0. The summed E-state index contributed by atoms with van der Waals surface area (Å²) >= 11 is 0. The summed E-state index contributed by atoms with van der Waals surface area (Å²) in [5.74, 6) is -1.45. The summed E-state index contributed by atoms with van der Waals surface area (Å²) in [4.78, 5) is 42.4. The van der Waals surface area contributed by atoms with Gasteiger partial charge in [-0.3, -0.25) is 19.4 Å². The summed E-state index contributed by atoms with van der Waals surface area (Å²) in [7, 11) is 0. The van der Waals surface area contributed by atoms with E-state index in [0.717, 1.165) is 32.1 Å². The Hall–Kier alpha value is -2.48. The molecule has 0 aromatic carbocycles. The summed E-state index contributed by atoms with van der Waals surface area (Å²) in [5, 5.41) is 12.6. The van der Waals surface area contributed by atoms with Crippen molar-refractivity contribution in [1.82, 2.24) is 9.88 Å². The molecule has 3 rings (SSSR count). The van der Waals surface area contributed by atoms with Gasteiger partial charge in [-0.2, -0.15) is 0 Å². The molecule has 8 heteroatoms. The molecular formula is C20H28N4O4. The molecule has 1 aromatic rings. The van der Waals surface area contributed by atoms with Crippen LogP contribution in [0.5, 0.6) is 0 Å². The summed E-state index contributed by atoms with van der Waals surface area (Å²) in [6.07, 6.45) is 7.58. The molecule has 4 atom stereocenters. The third kappa shape index (κ3) is 4.67. The van der Waals surface area contributed by atoms with Crippen molar-refractivity contribution in [3.8, 4) is 0 Å². The van der Waals surface area contributed by atoms with Gasteiger partial charge in [0, 0.05) is 18.8 Å². The molecule has 4 N–H and O–H groups in total. The average molecular weight is 388 g/mol. The molecular weight excluding hydrogens is 360 g/mol. The number of nitrogens with one attached hydrogen (secondary N) is 1. The summed E-state index contributed by atoms with van der Waals surface area (Å²) in [5.41, 5.74) is 5.64. The first-order valence-electron chi connectivity index (χ1n) is 9.90. The van der Waals surface area contributed by atoms with Crippen LogP contribution in [-0.4, -0.2) is 51.4 Å². The molecule has 3 amide bonds. The van der Waals surface area contributed by atoms with E-state index in [4.69, 9.17) is 5.73 Å². The van der Waals surface area contributed by atoms with Crippen LogP contribution >= 0.6 is 0 Å². The van der Waals surface area contributed by atoms with Crippen LogP contribution in [0.4, 0.5) is 5.69 Å². The number of piperidine rings is 1. The van der Waals surface area contributed by atoms with E-state index in [9.17, 15) is 19.5 Å². The van der Waals surface area contributed by atoms with Crippen LogP contribution in [0.1, 0.15) is 55.8 Å². The number of amides is 3. The Balaban J connectivity index is 1.72. The number of aliphatic hydroxyl groups is 1. The van der Waals surface area contributed by atoms with E-state index in [1.807, 2.05) is 0 Å². The second kappa shape index (κ2) is 8.68. The molecule has 1 aromatic heterocycles. The van der Waals surface area contributed by atoms with Crippen molar-refractivity contribution in [2.45, 2.75) is 57.6 Å². The number of pyridine rings is 1. The highest BCUT2D eigenvalue weighted by molar-refractivity contribution is 6.39. The van der Waals surface area contributed by atoms with Gasteiger partial charge in [0.25, 0.3) is 0 Å². The zero-order chi connectivity index (χ0) is 20.3. The highest BCUT2D eigenvalue weighted by Gasteiger charge is 2.39. The van der Waals surface area contributed by atoms with Gasteiger partial charge in [-0.15, -0.1) is 0 Å². The van der Waals surface area contributed by atoms with Crippen molar-refractivity contribution >= 4 is 23.4 Å². The lowest BCUT2D eigenvalue weighted by Crippen LogP contribution is -2.54. The Kier molecular flexibility index (Phi) is 6.28. The minimum Gasteiger partial charge on any atom is -0.393 e. The van der Waals surface area contributed by atoms with E-state index in [0.29, 0.717) is 18.9 Å². The summed E-state index contributed by atoms with van der Waals surface area (Å²) in [6, 6.07) is 1.37. The van der Waals surface area contributed by atoms with Crippen LogP contribution in [0.2, 0.25) is 0 Å². The lowest BCUT2D eigenvalue weighted by atomic mass is 9.77. The molecule has 2 heterocycles. The molecule has 0 unspecified atom stereocenters. The van der Waals surface area contributed by atoms with Gasteiger partial charge in [0.1, 0.15) is 0 Å². The van der Waals surface area contributed by atoms with Gasteiger partial charge in [0.2, 0.25) is 5.91 Å². The zero-order valence-electron chi connectivity index (χ0n) is 16.1. The van der Waals surface area contributed by atoms with Crippen molar-refractivity contribution in [3.05, 3.63) is 24.0 Å². The average Bonchev–Trinajstić information content (AvgIpc) is 2.67. The molecule has 2 fully saturated rings. The van der Waals surface area contributed by atoms with Crippen LogP contribution in [0.3, 0.4) is 0 Å². The van der Waals surface area contributed by atoms with E-state index < -0.39 is 17.7 Å². The number of rotatable bonds is 3. The molecule has 8 nitrogen and oxygen atoms in total. The number of nitrogens with zero attached hydrogens (tertiary/aromatic N) is 2. The SMILES string of the molecule is C[C@H]1CC[C@H]([C@@H]2CCC[C@H](O)C2)N(C(=O)C(=O)Nc2cncc(C(N)=O)c2)C1. The van der Waals surface area contributed by atoms with Crippen LogP contribution < -0.4 is 11.1 Å². The van der Waals surface area contributed by atoms with E-state index >= 15 is 0 Å². The number of aromatic nitrogens is 1. The second-order valence-electron chi connectivity index (χ2n) is 8.07. The number of anilines is 1. The normalized spacial score (nSPS) is 27.9. The highest BCUT2D eigenvalue weighted by Crippen LogP contribution is 2.35. The number of carbonyl (C=O) groups is 3. The molecule has 1 aliphatic carbocycles. The monoisotopic (exact) mass is 388 g/mol. The first-order chi connectivity index (χ1) is 13.3. The molecule has 1 saturated carbocycles. The maximum absolute atomic E-state index is 12.9. The Labute approximate surface area is 164 Å². The maximum atomic E-state index is 12.9. The Morgan fingerprint density at radius 3 is 2.71 bits per heavy atom. The van der Waals surface area contributed by atoms with Crippen molar-refractivity contribution in [1.29, 1.82) is 0 Å². The number of hydrogen-bond donors (Lipinski definition) is 3. The fourth-order valence-corrected chi connectivity index (χ4v) is 4.41. The number of carbonyl (C=O) groups excluding carboxylic acids is 3. The molecule has 1 saturated heterocycles. The van der Waals surface area contributed by atoms with E-state index in [2.05, 4.69) is 17.2 Å². The van der Waals surface area contributed by atoms with Gasteiger partial charge in [0.15, 0.2) is 0 Å². The van der Waals surface area contributed by atoms with Gasteiger partial charge in [0.05, 0.1) is 23.6 Å². The van der Waals surface area contributed by atoms with Crippen LogP contribution in [0.25, 0.3) is 0 Å². The molecule has 28 heavy (non-hydrogen) atoms. The van der Waals surface area contributed by atoms with Crippen LogP contribution in [0, 0.1) is 11.8 Å². The van der Waals surface area contributed by atoms with Gasteiger partial charge in [-0.1, -0.05) is 13.3 Å². The third-order valence-corrected chi connectivity index (χ3v) is 5.83. The molecule has 0 bridgehead atoms. The van der Waals surface area contributed by atoms with Crippen molar-refractivity contribution in [2.75, 3.05) is 11.9 Å². The maximum Gasteiger partial charge on any atom is 0.313 e. The second-order valence-corrected chi connectivity index (χ2v) is 8.07. The molecule has 1 aliphatic heterocycles. The smallest absolute Gasteiger partial charge is 0.313 e. The largest absolute Gasteiger partial charge is 0.393 e. The minimum atomic E-state index is -0.751. The molecule has 152 valence electrons. The van der Waals surface area contributed by atoms with Crippen molar-refractivity contribution in [3.63, 3.8) is 0 Å². The number of primary amides is 1. The first kappa shape index (κ1) is 20.3. The lowest BCUT2D eigenvalue weighted by Gasteiger charge is -2.44. The van der Waals surface area contributed by atoms with Gasteiger partial charge < -0.3 is 21.1 Å². The number of aliphatic hydroxyl groups excluding tert-OH is 1. The Morgan fingerprint density at radius 2 is 2.00 bits per heavy atom. The predicted molar refractivity (Wildman–Crippen MR) is 103 cm³/mol. The molecule has 2 aliphatic rings. The fraction of sp³-hybridized carbons (Fsp3) is 0.600. The number of hydrogen-bond acceptors (Lipinski definition) is 5. The van der Waals surface area contributed by atoms with Gasteiger partial charge in [-0.25, -0.2) is 0 Å². The van der Waals surface area contributed by atoms with Crippen molar-refractivity contribution in [2.24, 2.45) is 17.6 Å². The first-order valence-corrected chi connectivity index (χ1v) is 9.90. The standard InChI is InChI=1S/C20H28N4O4/c1-12-5-6-17(13-3-2-4-16(25)8-13)24(11-12)20(28)19(27)23-15-7-14(18(21)26)9-22-10-15/h7,9-10,12-13,16-17,25H,2-6,8,11H2,1H3,(H2,21,26)(H,23,27)/t12-,13+,16-,17+/m0/s1. The molecule has 0 spiro atoms. The van der Waals surface area contributed by atoms with E-state index in [-0.39, 0.29) is 29.3 Å². The highest BCUT2D eigenvalue weighted by atomic mass is 16.3. The lowest BCUT2D eigenvalue weighted by molar-refractivity contribution is -0.148. The topological polar surface area (TPSA) is 126 Å². The van der Waals surface area contributed by atoms with Gasteiger partial charge in [-0.05, 0) is 50.0 Å². The van der Waals surface area contributed by atoms with Gasteiger partial charge >= 0.3 is 11.8 Å². The summed E-state index contributed by atoms with van der Waals surface area (Å²) in [6.45, 7) is 2.60. The van der Waals surface area contributed by atoms with Crippen molar-refractivity contribution < 1.29 is 19.5 Å². The van der Waals surface area contributed by atoms with Crippen LogP contribution in [-0.2, 0) is 9.59 Å². The van der Waals surface area contributed by atoms with E-state index in [1.54, 1.807) is 4.90 Å². The third-order valence-electron chi connectivity index (χ3n) is 5.83. The molecule has 0 radical (unpaired) electrons. The Morgan fingerprint density at radius 1 is 1.21 bits per heavy atom. The zero-order valence-corrected chi connectivity index (χ0v) is 16.1. The fourth-order valence-electron chi connectivity index (χ4n) is 4.41. The minimum absolute atomic E-state index is 0.0283. The number of nitrogens with two attached hydrogens (primary N) is 1. The number of likely N-dealkylation sites (tertiary alicyclic amines) is 1. The predicted octanol–water partition coefficient (Wildman–Crippen LogP) is 1.30. The van der Waals surface area contributed by atoms with Crippen LogP contribution in [0.15, 0.2) is 18.5 Å². The van der Waals surface area contributed by atoms with E-state index in [1.165, 1.54) is 18.5 Å². The quantitative estimate of drug-likeness (QED) is 0.673. The Bertz CT molecular complexity index is 753.